The van der Waals surface area contributed by atoms with Crippen LogP contribution in [0.15, 0.2) is 22.2 Å². The molecule has 2 aromatic rings. The van der Waals surface area contributed by atoms with E-state index in [0.29, 0.717) is 10.9 Å². The minimum atomic E-state index is -0.105. The fourth-order valence-electron chi connectivity index (χ4n) is 2.29. The number of pyridine rings is 1. The quantitative estimate of drug-likeness (QED) is 0.655. The van der Waals surface area contributed by atoms with E-state index in [0.717, 1.165) is 41.1 Å². The molecule has 0 fully saturated rings. The lowest BCUT2D eigenvalue weighted by Crippen LogP contribution is -2.10. The van der Waals surface area contributed by atoms with Crippen molar-refractivity contribution in [2.45, 2.75) is 44.5 Å². The Morgan fingerprint density at radius 1 is 1.36 bits per heavy atom. The average molecular weight is 319 g/mol. The van der Waals surface area contributed by atoms with Gasteiger partial charge in [-0.05, 0) is 20.3 Å². The van der Waals surface area contributed by atoms with E-state index in [1.54, 1.807) is 13.2 Å². The number of nitrogens with one attached hydrogen (secondary N) is 1. The van der Waals surface area contributed by atoms with Gasteiger partial charge >= 0.3 is 0 Å². The maximum Gasteiger partial charge on any atom is 0.251 e. The van der Waals surface area contributed by atoms with Gasteiger partial charge in [-0.2, -0.15) is 0 Å². The van der Waals surface area contributed by atoms with Crippen molar-refractivity contribution < 1.29 is 4.74 Å². The lowest BCUT2D eigenvalue weighted by molar-refractivity contribution is 0.407. The zero-order valence-corrected chi connectivity index (χ0v) is 14.2. The lowest BCUT2D eigenvalue weighted by atomic mass is 10.1. The summed E-state index contributed by atoms with van der Waals surface area (Å²) in [5, 5.41) is 0.636. The van der Waals surface area contributed by atoms with Crippen LogP contribution in [0.25, 0.3) is 0 Å². The summed E-state index contributed by atoms with van der Waals surface area (Å²) in [5.41, 5.74) is 3.72. The molecule has 2 heterocycles. The molecule has 0 unspecified atom stereocenters. The first-order valence-electron chi connectivity index (χ1n) is 7.27. The molecule has 2 rings (SSSR count). The third-order valence-electron chi connectivity index (χ3n) is 3.37. The van der Waals surface area contributed by atoms with Crippen molar-refractivity contribution >= 4 is 11.8 Å². The van der Waals surface area contributed by atoms with Crippen molar-refractivity contribution in [1.82, 2.24) is 15.0 Å². The second kappa shape index (κ2) is 7.45. The zero-order chi connectivity index (χ0) is 16.1. The fraction of sp³-hybridized carbons (Fsp3) is 0.438. The van der Waals surface area contributed by atoms with Gasteiger partial charge in [-0.25, -0.2) is 4.98 Å². The molecule has 0 saturated carbocycles. The summed E-state index contributed by atoms with van der Waals surface area (Å²) in [6, 6.07) is 1.56. The van der Waals surface area contributed by atoms with E-state index in [9.17, 15) is 4.79 Å². The molecule has 118 valence electrons. The topological polar surface area (TPSA) is 67.9 Å². The van der Waals surface area contributed by atoms with Crippen LogP contribution in [-0.4, -0.2) is 22.1 Å². The number of nitrogens with zero attached hydrogens (tertiary/aromatic N) is 2. The largest absolute Gasteiger partial charge is 0.496 e. The van der Waals surface area contributed by atoms with Crippen molar-refractivity contribution in [3.63, 3.8) is 0 Å². The van der Waals surface area contributed by atoms with Crippen LogP contribution < -0.4 is 10.3 Å². The van der Waals surface area contributed by atoms with E-state index in [1.807, 2.05) is 20.0 Å². The van der Waals surface area contributed by atoms with Crippen LogP contribution in [0.3, 0.4) is 0 Å². The van der Waals surface area contributed by atoms with E-state index >= 15 is 0 Å². The van der Waals surface area contributed by atoms with Gasteiger partial charge in [0.05, 0.1) is 12.8 Å². The van der Waals surface area contributed by atoms with Gasteiger partial charge < -0.3 is 9.72 Å². The van der Waals surface area contributed by atoms with E-state index in [2.05, 4.69) is 21.9 Å². The first-order valence-corrected chi connectivity index (χ1v) is 8.25. The Morgan fingerprint density at radius 3 is 2.82 bits per heavy atom. The summed E-state index contributed by atoms with van der Waals surface area (Å²) in [6.07, 6.45) is 3.59. The van der Waals surface area contributed by atoms with Crippen LogP contribution in [-0.2, 0) is 12.2 Å². The summed E-state index contributed by atoms with van der Waals surface area (Å²) in [6.45, 7) is 6.04. The third kappa shape index (κ3) is 3.88. The molecular formula is C16H21N3O2S. The Hall–Kier alpha value is -1.82. The van der Waals surface area contributed by atoms with E-state index in [4.69, 9.17) is 4.74 Å². The molecule has 2 aromatic heterocycles. The van der Waals surface area contributed by atoms with Crippen molar-refractivity contribution in [2.75, 3.05) is 7.11 Å². The predicted molar refractivity (Wildman–Crippen MR) is 88.7 cm³/mol. The normalized spacial score (nSPS) is 10.7. The second-order valence-corrected chi connectivity index (χ2v) is 6.09. The number of aromatic nitrogens is 3. The van der Waals surface area contributed by atoms with Crippen LogP contribution in [0.5, 0.6) is 5.75 Å². The standard InChI is InChI=1S/C16H21N3O2S/c1-5-6-12-7-14(20)19-16(18-12)22-9-13-11(3)15(21-4)10(2)8-17-13/h7-8H,5-6,9H2,1-4H3,(H,18,19,20). The summed E-state index contributed by atoms with van der Waals surface area (Å²) < 4.78 is 5.42. The van der Waals surface area contributed by atoms with Crippen LogP contribution in [0.2, 0.25) is 0 Å². The molecule has 0 radical (unpaired) electrons. The molecule has 1 N–H and O–H groups in total. The Morgan fingerprint density at radius 2 is 2.14 bits per heavy atom. The van der Waals surface area contributed by atoms with Gasteiger partial charge in [-0.15, -0.1) is 0 Å². The van der Waals surface area contributed by atoms with Crippen LogP contribution in [0.4, 0.5) is 0 Å². The Balaban J connectivity index is 2.18. The lowest BCUT2D eigenvalue weighted by Gasteiger charge is -2.11. The predicted octanol–water partition coefficient (Wildman–Crippen LogP) is 3.04. The molecule has 22 heavy (non-hydrogen) atoms. The molecule has 0 spiro atoms. The molecular weight excluding hydrogens is 298 g/mol. The molecule has 0 aliphatic carbocycles. The van der Waals surface area contributed by atoms with Gasteiger partial charge in [0.1, 0.15) is 5.75 Å². The number of aromatic amines is 1. The molecule has 6 heteroatoms. The van der Waals surface area contributed by atoms with E-state index in [-0.39, 0.29) is 5.56 Å². The highest BCUT2D eigenvalue weighted by Gasteiger charge is 2.10. The van der Waals surface area contributed by atoms with Crippen LogP contribution in [0.1, 0.15) is 35.9 Å². The first kappa shape index (κ1) is 16.5. The molecule has 0 amide bonds. The number of methoxy groups -OCH3 is 1. The number of H-pyrrole nitrogens is 1. The van der Waals surface area contributed by atoms with Gasteiger partial charge in [0.2, 0.25) is 0 Å². The van der Waals surface area contributed by atoms with Crippen molar-refractivity contribution in [3.8, 4) is 5.75 Å². The highest BCUT2D eigenvalue weighted by atomic mass is 32.2. The van der Waals surface area contributed by atoms with Crippen molar-refractivity contribution in [3.05, 3.63) is 45.1 Å². The molecule has 0 aliphatic heterocycles. The van der Waals surface area contributed by atoms with E-state index < -0.39 is 0 Å². The number of hydrogen-bond acceptors (Lipinski definition) is 5. The van der Waals surface area contributed by atoms with Gasteiger partial charge in [-0.1, -0.05) is 25.1 Å². The van der Waals surface area contributed by atoms with Crippen LogP contribution >= 0.6 is 11.8 Å². The Kier molecular flexibility index (Phi) is 5.60. The SMILES string of the molecule is CCCc1cc(=O)[nH]c(SCc2ncc(C)c(OC)c2C)n1. The number of aryl methyl sites for hydroxylation is 2. The number of thioether (sulfide) groups is 1. The smallest absolute Gasteiger partial charge is 0.251 e. The minimum absolute atomic E-state index is 0.105. The van der Waals surface area contributed by atoms with E-state index in [1.165, 1.54) is 11.8 Å². The Labute approximate surface area is 134 Å². The second-order valence-electron chi connectivity index (χ2n) is 5.13. The molecule has 0 saturated heterocycles. The Bertz CT molecular complexity index is 713. The third-order valence-corrected chi connectivity index (χ3v) is 4.26. The summed E-state index contributed by atoms with van der Waals surface area (Å²) in [4.78, 5) is 23.4. The molecule has 0 aliphatic rings. The first-order chi connectivity index (χ1) is 10.5. The monoisotopic (exact) mass is 319 g/mol. The van der Waals surface area contributed by atoms with Gasteiger partial charge in [-0.3, -0.25) is 9.78 Å². The van der Waals surface area contributed by atoms with Gasteiger partial charge in [0, 0.05) is 34.8 Å². The number of hydrogen-bond donors (Lipinski definition) is 1. The average Bonchev–Trinajstić information content (AvgIpc) is 2.47. The molecule has 0 bridgehead atoms. The van der Waals surface area contributed by atoms with Crippen molar-refractivity contribution in [1.29, 1.82) is 0 Å². The van der Waals surface area contributed by atoms with Gasteiger partial charge in [0.25, 0.3) is 5.56 Å². The summed E-state index contributed by atoms with van der Waals surface area (Å²) in [7, 11) is 1.67. The molecule has 0 aromatic carbocycles. The van der Waals surface area contributed by atoms with Crippen molar-refractivity contribution in [2.24, 2.45) is 0 Å². The van der Waals surface area contributed by atoms with Gasteiger partial charge in [0.15, 0.2) is 5.16 Å². The highest BCUT2D eigenvalue weighted by molar-refractivity contribution is 7.98. The molecule has 5 nitrogen and oxygen atoms in total. The van der Waals surface area contributed by atoms with Crippen LogP contribution in [0, 0.1) is 13.8 Å². The summed E-state index contributed by atoms with van der Waals surface area (Å²) >= 11 is 1.48. The maximum atomic E-state index is 11.7. The number of rotatable bonds is 6. The fourth-order valence-corrected chi connectivity index (χ4v) is 3.21. The highest BCUT2D eigenvalue weighted by Crippen LogP contribution is 2.27. The maximum absolute atomic E-state index is 11.7. The molecule has 0 atom stereocenters. The minimum Gasteiger partial charge on any atom is -0.496 e. The number of ether oxygens (including phenoxy) is 1. The summed E-state index contributed by atoms with van der Waals surface area (Å²) in [5.74, 6) is 1.51. The zero-order valence-electron chi connectivity index (χ0n) is 13.4.